The summed E-state index contributed by atoms with van der Waals surface area (Å²) >= 11 is 0. The fourth-order valence-corrected chi connectivity index (χ4v) is 2.29. The molecule has 0 aliphatic rings. The van der Waals surface area contributed by atoms with E-state index in [0.717, 1.165) is 26.3 Å². The molecule has 0 amide bonds. The fourth-order valence-electron chi connectivity index (χ4n) is 2.29. The predicted molar refractivity (Wildman–Crippen MR) is 89.7 cm³/mol. The van der Waals surface area contributed by atoms with Crippen LogP contribution in [0, 0.1) is 0 Å². The van der Waals surface area contributed by atoms with E-state index in [0.29, 0.717) is 6.04 Å². The van der Waals surface area contributed by atoms with Gasteiger partial charge in [0.15, 0.2) is 0 Å². The Balaban J connectivity index is 1.78. The molecule has 2 rings (SSSR count). The van der Waals surface area contributed by atoms with Crippen molar-refractivity contribution >= 4 is 10.8 Å². The number of hydrogen-bond acceptors (Lipinski definition) is 3. The summed E-state index contributed by atoms with van der Waals surface area (Å²) in [5.74, 6) is 0. The number of benzene rings is 2. The van der Waals surface area contributed by atoms with Gasteiger partial charge in [-0.15, -0.1) is 0 Å². The second kappa shape index (κ2) is 8.13. The minimum atomic E-state index is 0.340. The Morgan fingerprint density at radius 1 is 1.05 bits per heavy atom. The fraction of sp³-hybridized carbons (Fsp3) is 0.444. The number of nitrogens with zero attached hydrogens (tertiary/aromatic N) is 1. The van der Waals surface area contributed by atoms with Crippen LogP contribution in [0.4, 0.5) is 0 Å². The van der Waals surface area contributed by atoms with E-state index in [1.807, 2.05) is 0 Å². The molecule has 0 spiro atoms. The highest BCUT2D eigenvalue weighted by molar-refractivity contribution is 5.83. The topological polar surface area (TPSA) is 24.5 Å². The van der Waals surface area contributed by atoms with Crippen molar-refractivity contribution in [1.29, 1.82) is 0 Å². The number of rotatable bonds is 8. The first-order valence-electron chi connectivity index (χ1n) is 7.61. The van der Waals surface area contributed by atoms with Crippen LogP contribution in [-0.2, 0) is 4.74 Å². The first-order valence-corrected chi connectivity index (χ1v) is 7.61. The van der Waals surface area contributed by atoms with E-state index in [1.165, 1.54) is 16.3 Å². The molecule has 1 N–H and O–H groups in total. The average Bonchev–Trinajstić information content (AvgIpc) is 2.49. The average molecular weight is 286 g/mol. The largest absolute Gasteiger partial charge is 0.379 e. The zero-order valence-electron chi connectivity index (χ0n) is 13.3. The van der Waals surface area contributed by atoms with Gasteiger partial charge in [-0.2, -0.15) is 0 Å². The van der Waals surface area contributed by atoms with Gasteiger partial charge in [-0.25, -0.2) is 0 Å². The van der Waals surface area contributed by atoms with Crippen molar-refractivity contribution in [2.75, 3.05) is 40.4 Å². The quantitative estimate of drug-likeness (QED) is 0.755. The van der Waals surface area contributed by atoms with Crippen molar-refractivity contribution in [3.05, 3.63) is 48.0 Å². The molecule has 0 heterocycles. The Hall–Kier alpha value is -1.42. The molecule has 0 saturated carbocycles. The molecular formula is C18H26N2O. The molecule has 3 heteroatoms. The van der Waals surface area contributed by atoms with Crippen LogP contribution in [-0.4, -0.2) is 45.3 Å². The van der Waals surface area contributed by atoms with Crippen molar-refractivity contribution in [2.24, 2.45) is 0 Å². The number of likely N-dealkylation sites (N-methyl/N-ethyl adjacent to an activating group) is 1. The Morgan fingerprint density at radius 3 is 2.57 bits per heavy atom. The molecule has 3 nitrogen and oxygen atoms in total. The molecule has 0 saturated heterocycles. The molecule has 2 aromatic rings. The first-order chi connectivity index (χ1) is 10.2. The Labute approximate surface area is 127 Å². The van der Waals surface area contributed by atoms with Gasteiger partial charge in [-0.05, 0) is 43.4 Å². The SMILES string of the molecule is CC(NCCOCCN(C)C)c1ccc2ccccc2c1. The molecule has 21 heavy (non-hydrogen) atoms. The molecule has 1 atom stereocenters. The Bertz CT molecular complexity index is 554. The molecule has 0 aliphatic heterocycles. The van der Waals surface area contributed by atoms with Gasteiger partial charge in [-0.1, -0.05) is 36.4 Å². The van der Waals surface area contributed by atoms with E-state index >= 15 is 0 Å². The van der Waals surface area contributed by atoms with Crippen molar-refractivity contribution in [1.82, 2.24) is 10.2 Å². The van der Waals surface area contributed by atoms with Gasteiger partial charge in [-0.3, -0.25) is 0 Å². The molecule has 0 aromatic heterocycles. The van der Waals surface area contributed by atoms with Crippen LogP contribution in [0.1, 0.15) is 18.5 Å². The van der Waals surface area contributed by atoms with E-state index in [9.17, 15) is 0 Å². The lowest BCUT2D eigenvalue weighted by molar-refractivity contribution is 0.118. The molecule has 1 unspecified atom stereocenters. The van der Waals surface area contributed by atoms with Crippen LogP contribution in [0.5, 0.6) is 0 Å². The summed E-state index contributed by atoms with van der Waals surface area (Å²) in [7, 11) is 4.12. The zero-order valence-corrected chi connectivity index (χ0v) is 13.3. The van der Waals surface area contributed by atoms with Crippen LogP contribution < -0.4 is 5.32 Å². The third-order valence-electron chi connectivity index (χ3n) is 3.65. The molecule has 0 fully saturated rings. The maximum atomic E-state index is 5.60. The molecule has 0 aliphatic carbocycles. The monoisotopic (exact) mass is 286 g/mol. The Kier molecular flexibility index (Phi) is 6.18. The van der Waals surface area contributed by atoms with Gasteiger partial charge in [0.25, 0.3) is 0 Å². The lowest BCUT2D eigenvalue weighted by Gasteiger charge is -2.15. The number of ether oxygens (including phenoxy) is 1. The maximum Gasteiger partial charge on any atom is 0.0593 e. The number of hydrogen-bond donors (Lipinski definition) is 1. The lowest BCUT2D eigenvalue weighted by atomic mass is 10.0. The van der Waals surface area contributed by atoms with Crippen molar-refractivity contribution in [3.63, 3.8) is 0 Å². The summed E-state index contributed by atoms with van der Waals surface area (Å²) in [6.07, 6.45) is 0. The van der Waals surface area contributed by atoms with E-state index in [-0.39, 0.29) is 0 Å². The second-order valence-corrected chi connectivity index (χ2v) is 5.70. The van der Waals surface area contributed by atoms with E-state index in [2.05, 4.69) is 73.7 Å². The first kappa shape index (κ1) is 16.0. The van der Waals surface area contributed by atoms with Crippen LogP contribution >= 0.6 is 0 Å². The van der Waals surface area contributed by atoms with Crippen LogP contribution in [0.2, 0.25) is 0 Å². The smallest absolute Gasteiger partial charge is 0.0593 e. The summed E-state index contributed by atoms with van der Waals surface area (Å²) in [4.78, 5) is 2.13. The van der Waals surface area contributed by atoms with Gasteiger partial charge in [0.1, 0.15) is 0 Å². The predicted octanol–water partition coefficient (Wildman–Crippen LogP) is 3.07. The standard InChI is InChI=1S/C18H26N2O/c1-15(19-10-12-21-13-11-20(2)3)17-9-8-16-6-4-5-7-18(16)14-17/h4-9,14-15,19H,10-13H2,1-3H3. The summed E-state index contributed by atoms with van der Waals surface area (Å²) in [6, 6.07) is 15.5. The van der Waals surface area contributed by atoms with Crippen molar-refractivity contribution in [3.8, 4) is 0 Å². The molecule has 114 valence electrons. The minimum absolute atomic E-state index is 0.340. The molecule has 0 radical (unpaired) electrons. The molecule has 0 bridgehead atoms. The van der Waals surface area contributed by atoms with Gasteiger partial charge >= 0.3 is 0 Å². The van der Waals surface area contributed by atoms with Gasteiger partial charge in [0, 0.05) is 19.1 Å². The second-order valence-electron chi connectivity index (χ2n) is 5.70. The normalized spacial score (nSPS) is 13.0. The summed E-state index contributed by atoms with van der Waals surface area (Å²) in [5.41, 5.74) is 1.32. The number of fused-ring (bicyclic) bond motifs is 1. The summed E-state index contributed by atoms with van der Waals surface area (Å²) in [5, 5.41) is 6.10. The van der Waals surface area contributed by atoms with E-state index in [1.54, 1.807) is 0 Å². The zero-order chi connectivity index (χ0) is 15.1. The highest BCUT2D eigenvalue weighted by Crippen LogP contribution is 2.19. The highest BCUT2D eigenvalue weighted by Gasteiger charge is 2.05. The van der Waals surface area contributed by atoms with Gasteiger partial charge < -0.3 is 15.0 Å². The minimum Gasteiger partial charge on any atom is -0.379 e. The van der Waals surface area contributed by atoms with Crippen LogP contribution in [0.3, 0.4) is 0 Å². The Morgan fingerprint density at radius 2 is 1.81 bits per heavy atom. The summed E-state index contributed by atoms with van der Waals surface area (Å²) in [6.45, 7) is 5.59. The highest BCUT2D eigenvalue weighted by atomic mass is 16.5. The third-order valence-corrected chi connectivity index (χ3v) is 3.65. The third kappa shape index (κ3) is 5.12. The van der Waals surface area contributed by atoms with E-state index < -0.39 is 0 Å². The lowest BCUT2D eigenvalue weighted by Crippen LogP contribution is -2.25. The molecule has 2 aromatic carbocycles. The molecular weight excluding hydrogens is 260 g/mol. The van der Waals surface area contributed by atoms with E-state index in [4.69, 9.17) is 4.74 Å². The van der Waals surface area contributed by atoms with Crippen LogP contribution in [0.15, 0.2) is 42.5 Å². The van der Waals surface area contributed by atoms with Crippen LogP contribution in [0.25, 0.3) is 10.8 Å². The van der Waals surface area contributed by atoms with Crippen molar-refractivity contribution < 1.29 is 4.74 Å². The maximum absolute atomic E-state index is 5.60. The summed E-state index contributed by atoms with van der Waals surface area (Å²) < 4.78 is 5.60. The van der Waals surface area contributed by atoms with Gasteiger partial charge in [0.2, 0.25) is 0 Å². The number of nitrogens with one attached hydrogen (secondary N) is 1. The van der Waals surface area contributed by atoms with Gasteiger partial charge in [0.05, 0.1) is 13.2 Å². The van der Waals surface area contributed by atoms with Crippen molar-refractivity contribution in [2.45, 2.75) is 13.0 Å².